The van der Waals surface area contributed by atoms with E-state index >= 15 is 0 Å². The van der Waals surface area contributed by atoms with Crippen LogP contribution < -0.4 is 10.6 Å². The van der Waals surface area contributed by atoms with Crippen molar-refractivity contribution in [3.8, 4) is 0 Å². The molecule has 0 saturated carbocycles. The molecule has 8 nitrogen and oxygen atoms in total. The summed E-state index contributed by atoms with van der Waals surface area (Å²) in [6, 6.07) is 21.6. The van der Waals surface area contributed by atoms with Gasteiger partial charge in [0.05, 0.1) is 28.7 Å². The maximum atomic E-state index is 13.5. The summed E-state index contributed by atoms with van der Waals surface area (Å²) >= 11 is 12.7. The number of nitrogens with one attached hydrogen (secondary N) is 4. The van der Waals surface area contributed by atoms with Gasteiger partial charge in [-0.3, -0.25) is 4.79 Å². The predicted molar refractivity (Wildman–Crippen MR) is 175 cm³/mol. The summed E-state index contributed by atoms with van der Waals surface area (Å²) in [7, 11) is 0. The molecule has 1 unspecified atom stereocenters. The zero-order valence-corrected chi connectivity index (χ0v) is 25.6. The van der Waals surface area contributed by atoms with Gasteiger partial charge in [0.2, 0.25) is 5.91 Å². The van der Waals surface area contributed by atoms with Crippen molar-refractivity contribution >= 4 is 50.9 Å². The van der Waals surface area contributed by atoms with Crippen LogP contribution in [0.25, 0.3) is 21.8 Å². The molecule has 0 bridgehead atoms. The van der Waals surface area contributed by atoms with E-state index in [1.807, 2.05) is 42.6 Å². The number of rotatable bonds is 10. The van der Waals surface area contributed by atoms with Gasteiger partial charge in [0, 0.05) is 47.0 Å². The van der Waals surface area contributed by atoms with Gasteiger partial charge in [-0.1, -0.05) is 65.7 Å². The number of amides is 1. The lowest BCUT2D eigenvalue weighted by Gasteiger charge is -2.22. The normalized spacial score (nSPS) is 15.7. The zero-order chi connectivity index (χ0) is 30.0. The molecule has 10 heteroatoms. The Bertz CT molecular complexity index is 1930. The molecule has 3 aromatic carbocycles. The maximum Gasteiger partial charge on any atom is 0.237 e. The number of fused-ring (bicyclic) bond motifs is 2. The summed E-state index contributed by atoms with van der Waals surface area (Å²) in [6.07, 6.45) is 7.91. The van der Waals surface area contributed by atoms with Crippen molar-refractivity contribution in [3.63, 3.8) is 0 Å². The van der Waals surface area contributed by atoms with Crippen LogP contribution >= 0.6 is 23.2 Å². The van der Waals surface area contributed by atoms with Crippen molar-refractivity contribution in [1.29, 1.82) is 0 Å². The molecule has 0 aliphatic carbocycles. The molecule has 0 spiro atoms. The highest BCUT2D eigenvalue weighted by Crippen LogP contribution is 2.28. The van der Waals surface area contributed by atoms with E-state index in [2.05, 4.69) is 61.7 Å². The van der Waals surface area contributed by atoms with Crippen LogP contribution in [0.1, 0.15) is 47.2 Å². The monoisotopic (exact) mass is 625 g/mol. The number of aryl methyl sites for hydroxylation is 2. The average Bonchev–Trinajstić information content (AvgIpc) is 3.85. The van der Waals surface area contributed by atoms with E-state index in [1.165, 1.54) is 10.9 Å². The molecule has 3 aromatic heterocycles. The van der Waals surface area contributed by atoms with Crippen LogP contribution in [-0.4, -0.2) is 43.2 Å². The van der Waals surface area contributed by atoms with Crippen molar-refractivity contribution in [2.75, 3.05) is 6.54 Å². The first-order chi connectivity index (χ1) is 21.5. The highest BCUT2D eigenvalue weighted by atomic mass is 35.5. The molecule has 1 amide bonds. The number of carbonyl (C=O) groups excluding carboxylic acids is 1. The predicted octanol–water partition coefficient (Wildman–Crippen LogP) is 6.53. The molecule has 2 atom stereocenters. The number of para-hydroxylation sites is 2. The maximum absolute atomic E-state index is 13.5. The molecule has 1 aliphatic rings. The van der Waals surface area contributed by atoms with Crippen LogP contribution in [0.3, 0.4) is 0 Å². The van der Waals surface area contributed by atoms with Crippen molar-refractivity contribution in [2.24, 2.45) is 0 Å². The van der Waals surface area contributed by atoms with Gasteiger partial charge >= 0.3 is 0 Å². The Morgan fingerprint density at radius 3 is 2.36 bits per heavy atom. The van der Waals surface area contributed by atoms with Crippen LogP contribution in [0.4, 0.5) is 0 Å². The van der Waals surface area contributed by atoms with Crippen LogP contribution in [-0.2, 0) is 30.6 Å². The molecule has 7 rings (SSSR count). The molecule has 4 N–H and O–H groups in total. The van der Waals surface area contributed by atoms with Gasteiger partial charge in [-0.05, 0) is 66.8 Å². The molecule has 1 aliphatic heterocycles. The third-order valence-corrected chi connectivity index (χ3v) is 9.32. The SMILES string of the molecule is O=C(N[C@H](Cc1c[nH]c2ccccc12)c1nnc(CCc2c[nH]c3ccccc23)n1Cc1ccc(Cl)c(Cl)c1)C1CCCN1. The molecule has 0 radical (unpaired) electrons. The van der Waals surface area contributed by atoms with Crippen LogP contribution in [0.5, 0.6) is 0 Å². The first-order valence-corrected chi connectivity index (χ1v) is 15.8. The summed E-state index contributed by atoms with van der Waals surface area (Å²) in [6.45, 7) is 1.33. The fourth-order valence-corrected chi connectivity index (χ4v) is 6.60. The molecule has 4 heterocycles. The van der Waals surface area contributed by atoms with Gasteiger partial charge in [-0.25, -0.2) is 0 Å². The topological polar surface area (TPSA) is 103 Å². The Hall–Kier alpha value is -4.11. The minimum atomic E-state index is -0.402. The van der Waals surface area contributed by atoms with Gasteiger partial charge in [0.1, 0.15) is 5.82 Å². The smallest absolute Gasteiger partial charge is 0.237 e. The van der Waals surface area contributed by atoms with Crippen molar-refractivity contribution in [3.05, 3.63) is 118 Å². The van der Waals surface area contributed by atoms with E-state index in [1.54, 1.807) is 0 Å². The highest BCUT2D eigenvalue weighted by molar-refractivity contribution is 6.42. The Morgan fingerprint density at radius 1 is 0.909 bits per heavy atom. The third kappa shape index (κ3) is 5.85. The summed E-state index contributed by atoms with van der Waals surface area (Å²) < 4.78 is 2.14. The lowest BCUT2D eigenvalue weighted by Crippen LogP contribution is -2.43. The number of H-pyrrole nitrogens is 2. The van der Waals surface area contributed by atoms with E-state index in [0.717, 1.165) is 59.2 Å². The Morgan fingerprint density at radius 2 is 1.64 bits per heavy atom. The average molecular weight is 627 g/mol. The van der Waals surface area contributed by atoms with E-state index < -0.39 is 6.04 Å². The lowest BCUT2D eigenvalue weighted by molar-refractivity contribution is -0.123. The summed E-state index contributed by atoms with van der Waals surface area (Å²) in [5.74, 6) is 1.53. The van der Waals surface area contributed by atoms with Gasteiger partial charge < -0.3 is 25.2 Å². The van der Waals surface area contributed by atoms with Crippen molar-refractivity contribution < 1.29 is 4.79 Å². The standard InChI is InChI=1S/C34H33Cl2N7O/c35-26-13-11-21(16-27(26)36)20-43-32(14-12-22-18-38-28-8-3-1-6-24(22)28)41-42-33(43)31(40-34(44)30-10-5-15-37-30)17-23-19-39-29-9-4-2-7-25(23)29/h1-4,6-9,11,13,16,18-19,30-31,37-39H,5,10,12,14-15,17,20H2,(H,40,44)/t30?,31-/m1/s1. The fraction of sp³-hybridized carbons (Fsp3) is 0.265. The minimum absolute atomic E-state index is 0.0169. The van der Waals surface area contributed by atoms with E-state index in [-0.39, 0.29) is 11.9 Å². The molecule has 224 valence electrons. The Kier molecular flexibility index (Phi) is 8.12. The molecular weight excluding hydrogens is 593 g/mol. The van der Waals surface area contributed by atoms with Gasteiger partial charge in [0.25, 0.3) is 0 Å². The summed E-state index contributed by atoms with van der Waals surface area (Å²) in [5, 5.41) is 19.5. The van der Waals surface area contributed by atoms with Gasteiger partial charge in [-0.2, -0.15) is 0 Å². The molecule has 44 heavy (non-hydrogen) atoms. The fourth-order valence-electron chi connectivity index (χ4n) is 6.28. The molecular formula is C34H33Cl2N7O. The molecule has 6 aromatic rings. The number of aromatic amines is 2. The first kappa shape index (κ1) is 28.6. The van der Waals surface area contributed by atoms with E-state index in [9.17, 15) is 4.79 Å². The van der Waals surface area contributed by atoms with Crippen LogP contribution in [0.15, 0.2) is 79.1 Å². The van der Waals surface area contributed by atoms with E-state index in [0.29, 0.717) is 35.3 Å². The molecule has 1 saturated heterocycles. The summed E-state index contributed by atoms with van der Waals surface area (Å²) in [5.41, 5.74) is 5.48. The number of carbonyl (C=O) groups is 1. The van der Waals surface area contributed by atoms with Crippen molar-refractivity contribution in [1.82, 2.24) is 35.4 Å². The number of nitrogens with zero attached hydrogens (tertiary/aromatic N) is 3. The first-order valence-electron chi connectivity index (χ1n) is 15.0. The van der Waals surface area contributed by atoms with Gasteiger partial charge in [-0.15, -0.1) is 10.2 Å². The second kappa shape index (κ2) is 12.5. The molecule has 1 fully saturated rings. The Labute approximate surface area is 265 Å². The lowest BCUT2D eigenvalue weighted by atomic mass is 10.0. The second-order valence-electron chi connectivity index (χ2n) is 11.4. The minimum Gasteiger partial charge on any atom is -0.361 e. The third-order valence-electron chi connectivity index (χ3n) is 8.58. The second-order valence-corrected chi connectivity index (χ2v) is 12.3. The summed E-state index contributed by atoms with van der Waals surface area (Å²) in [4.78, 5) is 20.3. The quantitative estimate of drug-likeness (QED) is 0.139. The largest absolute Gasteiger partial charge is 0.361 e. The van der Waals surface area contributed by atoms with Crippen molar-refractivity contribution in [2.45, 2.75) is 50.7 Å². The highest BCUT2D eigenvalue weighted by Gasteiger charge is 2.29. The van der Waals surface area contributed by atoms with E-state index in [4.69, 9.17) is 33.4 Å². The number of halogens is 2. The van der Waals surface area contributed by atoms with Crippen LogP contribution in [0.2, 0.25) is 10.0 Å². The number of hydrogen-bond donors (Lipinski definition) is 4. The zero-order valence-electron chi connectivity index (χ0n) is 24.1. The number of aromatic nitrogens is 5. The number of benzene rings is 3. The van der Waals surface area contributed by atoms with Gasteiger partial charge in [0.15, 0.2) is 5.82 Å². The number of hydrogen-bond acceptors (Lipinski definition) is 4. The van der Waals surface area contributed by atoms with Crippen LogP contribution in [0, 0.1) is 0 Å². The Balaban J connectivity index is 1.26.